The highest BCUT2D eigenvalue weighted by Crippen LogP contribution is 2.13. The van der Waals surface area contributed by atoms with Gasteiger partial charge < -0.3 is 15.1 Å². The Balaban J connectivity index is 2.45. The van der Waals surface area contributed by atoms with E-state index in [0.717, 1.165) is 24.2 Å². The first-order valence-corrected chi connectivity index (χ1v) is 5.30. The smallest absolute Gasteiger partial charge is 0.119 e. The zero-order chi connectivity index (χ0) is 11.8. The maximum atomic E-state index is 8.60. The molecule has 4 nitrogen and oxygen atoms in total. The second-order valence-electron chi connectivity index (χ2n) is 3.49. The molecule has 88 valence electrons. The fourth-order valence-corrected chi connectivity index (χ4v) is 1.25. The third kappa shape index (κ3) is 3.90. The van der Waals surface area contributed by atoms with Gasteiger partial charge >= 0.3 is 0 Å². The molecule has 2 N–H and O–H groups in total. The van der Waals surface area contributed by atoms with E-state index in [-0.39, 0.29) is 6.61 Å². The lowest BCUT2D eigenvalue weighted by Crippen LogP contribution is -1.99. The maximum Gasteiger partial charge on any atom is 0.119 e. The molecule has 0 spiro atoms. The Bertz CT molecular complexity index is 333. The first-order chi connectivity index (χ1) is 7.77. The lowest BCUT2D eigenvalue weighted by atomic mass is 10.1. The van der Waals surface area contributed by atoms with Crippen LogP contribution in [-0.4, -0.2) is 29.2 Å². The van der Waals surface area contributed by atoms with Crippen LogP contribution < -0.4 is 4.74 Å². The summed E-state index contributed by atoms with van der Waals surface area (Å²) in [6.07, 6.45) is 1.60. The van der Waals surface area contributed by atoms with Gasteiger partial charge in [0.25, 0.3) is 0 Å². The minimum Gasteiger partial charge on any atom is -0.494 e. The Hall–Kier alpha value is -1.55. The molecule has 0 heterocycles. The molecule has 0 aliphatic rings. The first kappa shape index (κ1) is 12.5. The Morgan fingerprint density at radius 3 is 2.50 bits per heavy atom. The van der Waals surface area contributed by atoms with Crippen molar-refractivity contribution in [1.82, 2.24) is 0 Å². The average molecular weight is 223 g/mol. The Morgan fingerprint density at radius 2 is 1.94 bits per heavy atom. The van der Waals surface area contributed by atoms with Crippen LogP contribution in [0.2, 0.25) is 0 Å². The third-order valence-electron chi connectivity index (χ3n) is 2.24. The van der Waals surface area contributed by atoms with Gasteiger partial charge in [0, 0.05) is 6.61 Å². The van der Waals surface area contributed by atoms with Crippen molar-refractivity contribution in [2.45, 2.75) is 19.8 Å². The largest absolute Gasteiger partial charge is 0.494 e. The molecule has 1 aromatic carbocycles. The van der Waals surface area contributed by atoms with Crippen molar-refractivity contribution >= 4 is 5.71 Å². The second-order valence-corrected chi connectivity index (χ2v) is 3.49. The molecule has 0 aliphatic heterocycles. The standard InChI is InChI=1S/C12H17NO3/c1-10(13-15)11-4-6-12(7-5-11)16-9-3-2-8-14/h4-7,14-15H,2-3,8-9H2,1H3. The molecule has 0 aliphatic carbocycles. The van der Waals surface area contributed by atoms with Crippen molar-refractivity contribution in [1.29, 1.82) is 0 Å². The number of ether oxygens (including phenoxy) is 1. The highest BCUT2D eigenvalue weighted by atomic mass is 16.5. The number of aliphatic hydroxyl groups is 1. The number of oxime groups is 1. The fourth-order valence-electron chi connectivity index (χ4n) is 1.25. The van der Waals surface area contributed by atoms with E-state index >= 15 is 0 Å². The fraction of sp³-hybridized carbons (Fsp3) is 0.417. The molecule has 4 heteroatoms. The predicted molar refractivity (Wildman–Crippen MR) is 62.3 cm³/mol. The van der Waals surface area contributed by atoms with Crippen molar-refractivity contribution < 1.29 is 15.1 Å². The van der Waals surface area contributed by atoms with Crippen molar-refractivity contribution in [3.8, 4) is 5.75 Å². The van der Waals surface area contributed by atoms with E-state index in [0.29, 0.717) is 12.3 Å². The van der Waals surface area contributed by atoms with Crippen LogP contribution in [0.15, 0.2) is 29.4 Å². The number of nitrogens with zero attached hydrogens (tertiary/aromatic N) is 1. The van der Waals surface area contributed by atoms with Gasteiger partial charge in [-0.1, -0.05) is 5.16 Å². The Morgan fingerprint density at radius 1 is 1.25 bits per heavy atom. The van der Waals surface area contributed by atoms with Crippen LogP contribution in [-0.2, 0) is 0 Å². The summed E-state index contributed by atoms with van der Waals surface area (Å²) >= 11 is 0. The van der Waals surface area contributed by atoms with Crippen LogP contribution in [0.1, 0.15) is 25.3 Å². The molecule has 16 heavy (non-hydrogen) atoms. The van der Waals surface area contributed by atoms with Gasteiger partial charge in [-0.2, -0.15) is 0 Å². The molecule has 0 amide bonds. The molecular formula is C12H17NO3. The van der Waals surface area contributed by atoms with Gasteiger partial charge in [-0.15, -0.1) is 0 Å². The lowest BCUT2D eigenvalue weighted by molar-refractivity contribution is 0.253. The van der Waals surface area contributed by atoms with Crippen molar-refractivity contribution in [2.75, 3.05) is 13.2 Å². The summed E-state index contributed by atoms with van der Waals surface area (Å²) < 4.78 is 5.46. The monoisotopic (exact) mass is 223 g/mol. The summed E-state index contributed by atoms with van der Waals surface area (Å²) in [4.78, 5) is 0. The summed E-state index contributed by atoms with van der Waals surface area (Å²) in [5.74, 6) is 0.785. The van der Waals surface area contributed by atoms with E-state index in [9.17, 15) is 0 Å². The van der Waals surface area contributed by atoms with Crippen molar-refractivity contribution in [3.63, 3.8) is 0 Å². The lowest BCUT2D eigenvalue weighted by Gasteiger charge is -2.06. The molecule has 1 aromatic rings. The van der Waals surface area contributed by atoms with E-state index in [1.807, 2.05) is 24.3 Å². The summed E-state index contributed by atoms with van der Waals surface area (Å²) in [6.45, 7) is 2.54. The summed E-state index contributed by atoms with van der Waals surface area (Å²) in [7, 11) is 0. The average Bonchev–Trinajstić information content (AvgIpc) is 2.34. The van der Waals surface area contributed by atoms with Gasteiger partial charge in [0.15, 0.2) is 0 Å². The van der Waals surface area contributed by atoms with Crippen molar-refractivity contribution in [3.05, 3.63) is 29.8 Å². The molecule has 0 atom stereocenters. The van der Waals surface area contributed by atoms with Gasteiger partial charge in [0.05, 0.1) is 12.3 Å². The molecular weight excluding hydrogens is 206 g/mol. The summed E-state index contributed by atoms with van der Waals surface area (Å²) in [5, 5.41) is 20.3. The molecule has 0 fully saturated rings. The van der Waals surface area contributed by atoms with Crippen LogP contribution in [0.4, 0.5) is 0 Å². The number of hydrogen-bond acceptors (Lipinski definition) is 4. The zero-order valence-corrected chi connectivity index (χ0v) is 9.39. The normalized spacial score (nSPS) is 11.5. The van der Waals surface area contributed by atoms with Gasteiger partial charge in [0.2, 0.25) is 0 Å². The number of unbranched alkanes of at least 4 members (excludes halogenated alkanes) is 1. The summed E-state index contributed by atoms with van der Waals surface area (Å²) in [6, 6.07) is 7.36. The molecule has 0 bridgehead atoms. The van der Waals surface area contributed by atoms with Crippen LogP contribution in [0.3, 0.4) is 0 Å². The van der Waals surface area contributed by atoms with Crippen LogP contribution in [0, 0.1) is 0 Å². The molecule has 0 radical (unpaired) electrons. The number of benzene rings is 1. The second kappa shape index (κ2) is 6.85. The van der Waals surface area contributed by atoms with Gasteiger partial charge in [-0.25, -0.2) is 0 Å². The molecule has 0 saturated carbocycles. The van der Waals surface area contributed by atoms with Crippen LogP contribution in [0.25, 0.3) is 0 Å². The van der Waals surface area contributed by atoms with E-state index < -0.39 is 0 Å². The van der Waals surface area contributed by atoms with E-state index in [4.69, 9.17) is 15.1 Å². The number of aliphatic hydroxyl groups excluding tert-OH is 1. The van der Waals surface area contributed by atoms with Gasteiger partial charge in [0.1, 0.15) is 5.75 Å². The predicted octanol–water partition coefficient (Wildman–Crippen LogP) is 2.04. The number of rotatable bonds is 6. The third-order valence-corrected chi connectivity index (χ3v) is 2.24. The highest BCUT2D eigenvalue weighted by molar-refractivity contribution is 5.98. The molecule has 0 unspecified atom stereocenters. The summed E-state index contributed by atoms with van der Waals surface area (Å²) in [5.41, 5.74) is 1.44. The topological polar surface area (TPSA) is 62.1 Å². The van der Waals surface area contributed by atoms with Gasteiger partial charge in [-0.3, -0.25) is 0 Å². The van der Waals surface area contributed by atoms with Crippen LogP contribution >= 0.6 is 0 Å². The molecule has 0 aromatic heterocycles. The highest BCUT2D eigenvalue weighted by Gasteiger charge is 1.98. The quantitative estimate of drug-likeness (QED) is 0.336. The SMILES string of the molecule is CC(=NO)c1ccc(OCCCCO)cc1. The van der Waals surface area contributed by atoms with Crippen molar-refractivity contribution in [2.24, 2.45) is 5.16 Å². The van der Waals surface area contributed by atoms with E-state index in [1.165, 1.54) is 0 Å². The molecule has 1 rings (SSSR count). The Labute approximate surface area is 95.2 Å². The minimum atomic E-state index is 0.203. The Kier molecular flexibility index (Phi) is 5.36. The minimum absolute atomic E-state index is 0.203. The number of hydrogen-bond donors (Lipinski definition) is 2. The maximum absolute atomic E-state index is 8.60. The van der Waals surface area contributed by atoms with E-state index in [2.05, 4.69) is 5.16 Å². The zero-order valence-electron chi connectivity index (χ0n) is 9.39. The van der Waals surface area contributed by atoms with Gasteiger partial charge in [-0.05, 0) is 49.6 Å². The molecule has 0 saturated heterocycles. The van der Waals surface area contributed by atoms with E-state index in [1.54, 1.807) is 6.92 Å². The first-order valence-electron chi connectivity index (χ1n) is 5.30. The van der Waals surface area contributed by atoms with Crippen LogP contribution in [0.5, 0.6) is 5.75 Å².